The summed E-state index contributed by atoms with van der Waals surface area (Å²) in [7, 11) is 0. The molecule has 0 aliphatic heterocycles. The Morgan fingerprint density at radius 1 is 1.35 bits per heavy atom. The summed E-state index contributed by atoms with van der Waals surface area (Å²) >= 11 is 0. The number of amides is 1. The molecular formula is C14H14N2O4. The molecular weight excluding hydrogens is 260 g/mol. The molecule has 6 heteroatoms. The van der Waals surface area contributed by atoms with Gasteiger partial charge in [-0.25, -0.2) is 0 Å². The Balaban J connectivity index is 2.90. The number of hydrogen-bond donors (Lipinski definition) is 1. The maximum absolute atomic E-state index is 11.2. The van der Waals surface area contributed by atoms with Crippen LogP contribution >= 0.6 is 0 Å². The number of hydrogen-bond acceptors (Lipinski definition) is 4. The van der Waals surface area contributed by atoms with E-state index in [0.29, 0.717) is 13.0 Å². The first kappa shape index (κ1) is 15.4. The Hall–Kier alpha value is -2.68. The fourth-order valence-electron chi connectivity index (χ4n) is 1.47. The lowest BCUT2D eigenvalue weighted by molar-refractivity contribution is -0.385. The van der Waals surface area contributed by atoms with E-state index in [-0.39, 0.29) is 28.5 Å². The molecule has 0 aliphatic rings. The van der Waals surface area contributed by atoms with Crippen LogP contribution in [-0.2, 0) is 4.79 Å². The minimum absolute atomic E-state index is 0.149. The van der Waals surface area contributed by atoms with E-state index in [9.17, 15) is 19.7 Å². The second kappa shape index (κ2) is 7.04. The standard InChI is InChI=1S/C14H14N2O4/c1-10(17)13-7-6-12(14(9-13)16(19)20)5-3-4-8-15-11(2)18/h6-7,9H,4,8H2,1-2H3,(H,15,18). The lowest BCUT2D eigenvalue weighted by atomic mass is 10.1. The first-order valence-corrected chi connectivity index (χ1v) is 5.94. The number of carbonyl (C=O) groups is 2. The monoisotopic (exact) mass is 274 g/mol. The molecule has 1 rings (SSSR count). The minimum atomic E-state index is -0.565. The lowest BCUT2D eigenvalue weighted by Crippen LogP contribution is -2.20. The number of Topliss-reactive ketones (excluding diaryl/α,β-unsaturated/α-hetero) is 1. The second-order valence-electron chi connectivity index (χ2n) is 4.08. The quantitative estimate of drug-likeness (QED) is 0.297. The summed E-state index contributed by atoms with van der Waals surface area (Å²) in [6.07, 6.45) is 0.394. The van der Waals surface area contributed by atoms with Crippen LogP contribution < -0.4 is 5.32 Å². The smallest absolute Gasteiger partial charge is 0.285 e. The van der Waals surface area contributed by atoms with E-state index in [2.05, 4.69) is 17.2 Å². The number of nitro groups is 1. The fourth-order valence-corrected chi connectivity index (χ4v) is 1.47. The third kappa shape index (κ3) is 4.53. The van der Waals surface area contributed by atoms with E-state index >= 15 is 0 Å². The number of carbonyl (C=O) groups excluding carboxylic acids is 2. The predicted octanol–water partition coefficient (Wildman–Crippen LogP) is 1.68. The molecule has 1 amide bonds. The Labute approximate surface area is 116 Å². The zero-order valence-corrected chi connectivity index (χ0v) is 11.2. The SMILES string of the molecule is CC(=O)NCCC#Cc1ccc(C(C)=O)cc1[N+](=O)[O-]. The summed E-state index contributed by atoms with van der Waals surface area (Å²) < 4.78 is 0. The van der Waals surface area contributed by atoms with Gasteiger partial charge in [0.1, 0.15) is 5.56 Å². The zero-order valence-electron chi connectivity index (χ0n) is 11.2. The molecule has 0 atom stereocenters. The van der Waals surface area contributed by atoms with E-state index in [1.807, 2.05) is 0 Å². The van der Waals surface area contributed by atoms with Crippen molar-refractivity contribution < 1.29 is 14.5 Å². The molecule has 0 fully saturated rings. The third-order valence-corrected chi connectivity index (χ3v) is 2.45. The molecule has 0 aromatic heterocycles. The van der Waals surface area contributed by atoms with Gasteiger partial charge < -0.3 is 5.32 Å². The Kier molecular flexibility index (Phi) is 5.42. The molecule has 1 aromatic rings. The molecule has 0 unspecified atom stereocenters. The molecule has 1 aromatic carbocycles. The van der Waals surface area contributed by atoms with Crippen molar-refractivity contribution in [3.05, 3.63) is 39.4 Å². The highest BCUT2D eigenvalue weighted by Gasteiger charge is 2.14. The first-order chi connectivity index (χ1) is 9.41. The zero-order chi connectivity index (χ0) is 15.1. The third-order valence-electron chi connectivity index (χ3n) is 2.45. The van der Waals surface area contributed by atoms with Crippen LogP contribution in [0.25, 0.3) is 0 Å². The normalized spacial score (nSPS) is 9.30. The number of benzene rings is 1. The molecule has 0 aliphatic carbocycles. The summed E-state index contributed by atoms with van der Waals surface area (Å²) in [5.41, 5.74) is 0.341. The molecule has 104 valence electrons. The number of nitrogens with zero attached hydrogens (tertiary/aromatic N) is 1. The maximum Gasteiger partial charge on any atom is 0.285 e. The van der Waals surface area contributed by atoms with Crippen molar-refractivity contribution in [2.45, 2.75) is 20.3 Å². The van der Waals surface area contributed by atoms with Crippen LogP contribution in [0.5, 0.6) is 0 Å². The van der Waals surface area contributed by atoms with Crippen molar-refractivity contribution in [1.29, 1.82) is 0 Å². The number of ketones is 1. The van der Waals surface area contributed by atoms with Crippen LogP contribution in [0.3, 0.4) is 0 Å². The van der Waals surface area contributed by atoms with E-state index in [1.165, 1.54) is 32.0 Å². The number of nitrogens with one attached hydrogen (secondary N) is 1. The van der Waals surface area contributed by atoms with E-state index in [1.54, 1.807) is 0 Å². The Morgan fingerprint density at radius 3 is 2.60 bits per heavy atom. The van der Waals surface area contributed by atoms with Crippen LogP contribution in [0.2, 0.25) is 0 Å². The van der Waals surface area contributed by atoms with Crippen molar-refractivity contribution in [2.75, 3.05) is 6.54 Å². The molecule has 0 saturated heterocycles. The maximum atomic E-state index is 11.2. The van der Waals surface area contributed by atoms with Crippen molar-refractivity contribution in [2.24, 2.45) is 0 Å². The van der Waals surface area contributed by atoms with Gasteiger partial charge in [-0.15, -0.1) is 0 Å². The van der Waals surface area contributed by atoms with Crippen LogP contribution in [0.1, 0.15) is 36.2 Å². The van der Waals surface area contributed by atoms with Gasteiger partial charge in [-0.3, -0.25) is 19.7 Å². The molecule has 0 heterocycles. The minimum Gasteiger partial charge on any atom is -0.355 e. The van der Waals surface area contributed by atoms with Gasteiger partial charge in [0, 0.05) is 31.5 Å². The highest BCUT2D eigenvalue weighted by Crippen LogP contribution is 2.19. The summed E-state index contributed by atoms with van der Waals surface area (Å²) in [6, 6.07) is 4.19. The average Bonchev–Trinajstić information content (AvgIpc) is 2.37. The number of rotatable bonds is 4. The van der Waals surface area contributed by atoms with Crippen LogP contribution in [0.4, 0.5) is 5.69 Å². The fraction of sp³-hybridized carbons (Fsp3) is 0.286. The van der Waals surface area contributed by atoms with Gasteiger partial charge in [0.15, 0.2) is 5.78 Å². The molecule has 0 radical (unpaired) electrons. The molecule has 6 nitrogen and oxygen atoms in total. The molecule has 0 bridgehead atoms. The van der Waals surface area contributed by atoms with Gasteiger partial charge in [-0.05, 0) is 19.1 Å². The van der Waals surface area contributed by atoms with Gasteiger partial charge in [-0.2, -0.15) is 0 Å². The predicted molar refractivity (Wildman–Crippen MR) is 73.3 cm³/mol. The van der Waals surface area contributed by atoms with E-state index in [0.717, 1.165) is 0 Å². The summed E-state index contributed by atoms with van der Waals surface area (Å²) in [6.45, 7) is 3.14. The average molecular weight is 274 g/mol. The van der Waals surface area contributed by atoms with Gasteiger partial charge in [0.05, 0.1) is 4.92 Å². The molecule has 20 heavy (non-hydrogen) atoms. The first-order valence-electron chi connectivity index (χ1n) is 5.94. The number of nitro benzene ring substituents is 1. The summed E-state index contributed by atoms with van der Waals surface area (Å²) in [5, 5.41) is 13.5. The highest BCUT2D eigenvalue weighted by molar-refractivity contribution is 5.95. The Bertz CT molecular complexity index is 611. The van der Waals surface area contributed by atoms with Crippen LogP contribution in [0.15, 0.2) is 18.2 Å². The lowest BCUT2D eigenvalue weighted by Gasteiger charge is -1.99. The van der Waals surface area contributed by atoms with Gasteiger partial charge in [-0.1, -0.05) is 11.8 Å². The summed E-state index contributed by atoms with van der Waals surface area (Å²) in [5.74, 6) is 5.04. The highest BCUT2D eigenvalue weighted by atomic mass is 16.6. The molecule has 1 N–H and O–H groups in total. The van der Waals surface area contributed by atoms with Crippen molar-refractivity contribution in [1.82, 2.24) is 5.32 Å². The summed E-state index contributed by atoms with van der Waals surface area (Å²) in [4.78, 5) is 32.2. The van der Waals surface area contributed by atoms with Crippen molar-refractivity contribution in [3.8, 4) is 11.8 Å². The van der Waals surface area contributed by atoms with Crippen LogP contribution in [-0.4, -0.2) is 23.2 Å². The molecule has 0 spiro atoms. The van der Waals surface area contributed by atoms with Gasteiger partial charge >= 0.3 is 0 Å². The molecule has 0 saturated carbocycles. The second-order valence-corrected chi connectivity index (χ2v) is 4.08. The van der Waals surface area contributed by atoms with Gasteiger partial charge in [0.2, 0.25) is 5.91 Å². The van der Waals surface area contributed by atoms with Crippen LogP contribution in [0, 0.1) is 22.0 Å². The van der Waals surface area contributed by atoms with E-state index in [4.69, 9.17) is 0 Å². The Morgan fingerprint density at radius 2 is 2.05 bits per heavy atom. The van der Waals surface area contributed by atoms with E-state index < -0.39 is 4.92 Å². The van der Waals surface area contributed by atoms with Gasteiger partial charge in [0.25, 0.3) is 5.69 Å². The topological polar surface area (TPSA) is 89.3 Å². The van der Waals surface area contributed by atoms with Crippen molar-refractivity contribution in [3.63, 3.8) is 0 Å². The van der Waals surface area contributed by atoms with Crippen molar-refractivity contribution >= 4 is 17.4 Å². The largest absolute Gasteiger partial charge is 0.355 e.